The van der Waals surface area contributed by atoms with Gasteiger partial charge in [-0.1, -0.05) is 19.1 Å². The molecule has 1 aromatic rings. The van der Waals surface area contributed by atoms with Crippen LogP contribution in [-0.4, -0.2) is 42.1 Å². The Bertz CT molecular complexity index is 513. The van der Waals surface area contributed by atoms with Crippen LogP contribution in [0, 0.1) is 12.8 Å². The molecule has 0 heterocycles. The van der Waals surface area contributed by atoms with Crippen LogP contribution in [0.3, 0.4) is 0 Å². The molecule has 5 heteroatoms. The van der Waals surface area contributed by atoms with Crippen molar-refractivity contribution in [1.82, 2.24) is 4.90 Å². The first-order valence-electron chi connectivity index (χ1n) is 7.03. The maximum Gasteiger partial charge on any atom is 0.308 e. The van der Waals surface area contributed by atoms with Crippen molar-refractivity contribution in [1.29, 1.82) is 0 Å². The van der Waals surface area contributed by atoms with Crippen LogP contribution in [-0.2, 0) is 16.0 Å². The second kappa shape index (κ2) is 7.67. The molecule has 0 spiro atoms. The Balaban J connectivity index is 2.76. The zero-order chi connectivity index (χ0) is 16.0. The fourth-order valence-electron chi connectivity index (χ4n) is 2.08. The quantitative estimate of drug-likeness (QED) is 0.836. The van der Waals surface area contributed by atoms with Crippen molar-refractivity contribution in [3.63, 3.8) is 0 Å². The molecule has 116 valence electrons. The van der Waals surface area contributed by atoms with Gasteiger partial charge in [-0.05, 0) is 31.0 Å². The number of ether oxygens (including phenoxy) is 1. The summed E-state index contributed by atoms with van der Waals surface area (Å²) >= 11 is 0. The van der Waals surface area contributed by atoms with Crippen LogP contribution >= 0.6 is 0 Å². The number of aryl methyl sites for hydroxylation is 1. The predicted octanol–water partition coefficient (Wildman–Crippen LogP) is 2.12. The van der Waals surface area contributed by atoms with Crippen LogP contribution in [0.2, 0.25) is 0 Å². The molecule has 1 rings (SSSR count). The van der Waals surface area contributed by atoms with Crippen LogP contribution in [0.5, 0.6) is 5.75 Å². The van der Waals surface area contributed by atoms with Gasteiger partial charge in [0.2, 0.25) is 5.91 Å². The van der Waals surface area contributed by atoms with Crippen LogP contribution in [0.25, 0.3) is 0 Å². The van der Waals surface area contributed by atoms with Crippen LogP contribution in [0.4, 0.5) is 0 Å². The molecule has 21 heavy (non-hydrogen) atoms. The number of likely N-dealkylation sites (N-methyl/N-ethyl adjacent to an activating group) is 1. The van der Waals surface area contributed by atoms with Crippen LogP contribution in [0.1, 0.15) is 25.0 Å². The normalized spacial score (nSPS) is 11.8. The highest BCUT2D eigenvalue weighted by Crippen LogP contribution is 2.19. The third-order valence-electron chi connectivity index (χ3n) is 3.48. The zero-order valence-electron chi connectivity index (χ0n) is 13.0. The van der Waals surface area contributed by atoms with E-state index >= 15 is 0 Å². The number of carbonyl (C=O) groups excluding carboxylic acids is 1. The molecular weight excluding hydrogens is 270 g/mol. The summed E-state index contributed by atoms with van der Waals surface area (Å²) in [7, 11) is 1.60. The highest BCUT2D eigenvalue weighted by Gasteiger charge is 2.19. The van der Waals surface area contributed by atoms with E-state index < -0.39 is 11.9 Å². The number of carboxylic acid groups (broad SMARTS) is 1. The van der Waals surface area contributed by atoms with E-state index in [0.29, 0.717) is 6.54 Å². The van der Waals surface area contributed by atoms with Gasteiger partial charge in [-0.2, -0.15) is 0 Å². The fraction of sp³-hybridized carbons (Fsp3) is 0.500. The molecule has 1 unspecified atom stereocenters. The van der Waals surface area contributed by atoms with E-state index in [0.717, 1.165) is 16.9 Å². The monoisotopic (exact) mass is 293 g/mol. The molecule has 0 aliphatic heterocycles. The third kappa shape index (κ3) is 4.77. The molecule has 0 aliphatic rings. The summed E-state index contributed by atoms with van der Waals surface area (Å²) in [6, 6.07) is 5.66. The van der Waals surface area contributed by atoms with E-state index in [1.54, 1.807) is 18.9 Å². The molecule has 0 bridgehead atoms. The average Bonchev–Trinajstić information content (AvgIpc) is 2.46. The molecule has 0 aliphatic carbocycles. The van der Waals surface area contributed by atoms with Gasteiger partial charge in [0.1, 0.15) is 5.75 Å². The van der Waals surface area contributed by atoms with E-state index in [1.807, 2.05) is 32.0 Å². The van der Waals surface area contributed by atoms with Crippen LogP contribution < -0.4 is 4.74 Å². The number of carboxylic acids is 1. The van der Waals surface area contributed by atoms with E-state index in [4.69, 9.17) is 9.84 Å². The minimum Gasteiger partial charge on any atom is -0.496 e. The van der Waals surface area contributed by atoms with Crippen LogP contribution in [0.15, 0.2) is 18.2 Å². The van der Waals surface area contributed by atoms with Crippen molar-refractivity contribution in [2.75, 3.05) is 20.2 Å². The molecule has 1 atom stereocenters. The third-order valence-corrected chi connectivity index (χ3v) is 3.48. The minimum atomic E-state index is -0.891. The van der Waals surface area contributed by atoms with Gasteiger partial charge in [0, 0.05) is 13.1 Å². The van der Waals surface area contributed by atoms with Gasteiger partial charge in [-0.25, -0.2) is 0 Å². The summed E-state index contributed by atoms with van der Waals surface area (Å²) in [6.07, 6.45) is 0.247. The molecule has 0 saturated heterocycles. The summed E-state index contributed by atoms with van der Waals surface area (Å²) in [4.78, 5) is 24.8. The first-order valence-corrected chi connectivity index (χ1v) is 7.03. The SMILES string of the molecule is CCN(CC(C)C(=O)O)C(=O)Cc1ccc(C)c(OC)c1. The molecular formula is C16H23NO4. The van der Waals surface area contributed by atoms with E-state index in [2.05, 4.69) is 0 Å². The van der Waals surface area contributed by atoms with Gasteiger partial charge in [-0.3, -0.25) is 9.59 Å². The number of nitrogens with zero attached hydrogens (tertiary/aromatic N) is 1. The largest absolute Gasteiger partial charge is 0.496 e. The van der Waals surface area contributed by atoms with Gasteiger partial charge in [0.05, 0.1) is 19.4 Å². The number of aliphatic carboxylic acids is 1. The topological polar surface area (TPSA) is 66.8 Å². The van der Waals surface area contributed by atoms with E-state index in [1.165, 1.54) is 0 Å². The fourth-order valence-corrected chi connectivity index (χ4v) is 2.08. The van der Waals surface area contributed by atoms with Crippen molar-refractivity contribution in [3.05, 3.63) is 29.3 Å². The lowest BCUT2D eigenvalue weighted by Crippen LogP contribution is -2.37. The number of carbonyl (C=O) groups is 2. The van der Waals surface area contributed by atoms with Gasteiger partial charge in [0.25, 0.3) is 0 Å². The summed E-state index contributed by atoms with van der Waals surface area (Å²) < 4.78 is 5.25. The molecule has 1 N–H and O–H groups in total. The number of methoxy groups -OCH3 is 1. The predicted molar refractivity (Wildman–Crippen MR) is 80.5 cm³/mol. The molecule has 1 aromatic carbocycles. The maximum atomic E-state index is 12.3. The molecule has 0 saturated carbocycles. The number of hydrogen-bond acceptors (Lipinski definition) is 3. The first-order chi connectivity index (χ1) is 9.88. The lowest BCUT2D eigenvalue weighted by atomic mass is 10.1. The zero-order valence-corrected chi connectivity index (χ0v) is 13.0. The molecule has 1 amide bonds. The number of benzene rings is 1. The van der Waals surface area contributed by atoms with Gasteiger partial charge in [0.15, 0.2) is 0 Å². The summed E-state index contributed by atoms with van der Waals surface area (Å²) in [5, 5.41) is 8.94. The van der Waals surface area contributed by atoms with Crippen molar-refractivity contribution in [2.24, 2.45) is 5.92 Å². The Kier molecular flexibility index (Phi) is 6.21. The number of hydrogen-bond donors (Lipinski definition) is 1. The molecule has 5 nitrogen and oxygen atoms in total. The van der Waals surface area contributed by atoms with Gasteiger partial charge >= 0.3 is 5.97 Å². The Labute approximate surface area is 125 Å². The number of amides is 1. The molecule has 0 fully saturated rings. The first kappa shape index (κ1) is 17.0. The van der Waals surface area contributed by atoms with Gasteiger partial charge < -0.3 is 14.7 Å². The Morgan fingerprint density at radius 3 is 2.57 bits per heavy atom. The highest BCUT2D eigenvalue weighted by atomic mass is 16.5. The lowest BCUT2D eigenvalue weighted by molar-refractivity contribution is -0.142. The average molecular weight is 293 g/mol. The standard InChI is InChI=1S/C16H23NO4/c1-5-17(10-12(3)16(19)20)15(18)9-13-7-6-11(2)14(8-13)21-4/h6-8,12H,5,9-10H2,1-4H3,(H,19,20). The number of rotatable bonds is 7. The van der Waals surface area contributed by atoms with E-state index in [9.17, 15) is 9.59 Å². The van der Waals surface area contributed by atoms with Crippen molar-refractivity contribution < 1.29 is 19.4 Å². The second-order valence-electron chi connectivity index (χ2n) is 5.15. The Morgan fingerprint density at radius 2 is 2.05 bits per heavy atom. The Morgan fingerprint density at radius 1 is 1.38 bits per heavy atom. The minimum absolute atomic E-state index is 0.0727. The Hall–Kier alpha value is -2.04. The highest BCUT2D eigenvalue weighted by molar-refractivity contribution is 5.79. The molecule has 0 radical (unpaired) electrons. The van der Waals surface area contributed by atoms with Gasteiger partial charge in [-0.15, -0.1) is 0 Å². The van der Waals surface area contributed by atoms with Crippen molar-refractivity contribution in [2.45, 2.75) is 27.2 Å². The smallest absolute Gasteiger partial charge is 0.308 e. The summed E-state index contributed by atoms with van der Waals surface area (Å²) in [6.45, 7) is 6.12. The lowest BCUT2D eigenvalue weighted by Gasteiger charge is -2.23. The summed E-state index contributed by atoms with van der Waals surface area (Å²) in [5.74, 6) is -0.779. The van der Waals surface area contributed by atoms with Crippen molar-refractivity contribution >= 4 is 11.9 Å². The summed E-state index contributed by atoms with van der Waals surface area (Å²) in [5.41, 5.74) is 1.88. The van der Waals surface area contributed by atoms with E-state index in [-0.39, 0.29) is 18.9 Å². The molecule has 0 aromatic heterocycles. The second-order valence-corrected chi connectivity index (χ2v) is 5.15. The van der Waals surface area contributed by atoms with Crippen molar-refractivity contribution in [3.8, 4) is 5.75 Å². The maximum absolute atomic E-state index is 12.3.